The van der Waals surface area contributed by atoms with Gasteiger partial charge in [0.15, 0.2) is 0 Å². The van der Waals surface area contributed by atoms with E-state index in [9.17, 15) is 4.79 Å². The van der Waals surface area contributed by atoms with Crippen LogP contribution < -0.4 is 5.32 Å². The van der Waals surface area contributed by atoms with Crippen LogP contribution in [0.25, 0.3) is 0 Å². The van der Waals surface area contributed by atoms with Crippen molar-refractivity contribution >= 4 is 5.97 Å². The van der Waals surface area contributed by atoms with Gasteiger partial charge >= 0.3 is 5.97 Å². The van der Waals surface area contributed by atoms with Crippen LogP contribution in [0.3, 0.4) is 0 Å². The van der Waals surface area contributed by atoms with Gasteiger partial charge in [-0.2, -0.15) is 0 Å². The first kappa shape index (κ1) is 15.3. The fourth-order valence-corrected chi connectivity index (χ4v) is 2.25. The Morgan fingerprint density at radius 3 is 2.48 bits per heavy atom. The zero-order chi connectivity index (χ0) is 15.1. The highest BCUT2D eigenvalue weighted by atomic mass is 16.5. The highest BCUT2D eigenvalue weighted by Gasteiger charge is 2.16. The van der Waals surface area contributed by atoms with Crippen molar-refractivity contribution in [2.24, 2.45) is 0 Å². The summed E-state index contributed by atoms with van der Waals surface area (Å²) in [5.74, 6) is -0.263. The second-order valence-electron chi connectivity index (χ2n) is 4.90. The molecule has 1 atom stereocenters. The number of nitrogens with one attached hydrogen (secondary N) is 1. The first-order valence-electron chi connectivity index (χ1n) is 7.25. The zero-order valence-electron chi connectivity index (χ0n) is 12.5. The molecule has 0 heterocycles. The minimum absolute atomic E-state index is 0.0748. The standard InChI is InChI=1S/C18H21NO2/c1-3-21-18(20)17-12-8-7-11-16(17)14(2)19-13-15-9-5-4-6-10-15/h4-12,14,19H,3,13H2,1-2H3/t14-/m0/s1. The van der Waals surface area contributed by atoms with Crippen LogP contribution in [-0.2, 0) is 11.3 Å². The lowest BCUT2D eigenvalue weighted by molar-refractivity contribution is 0.0524. The van der Waals surface area contributed by atoms with Gasteiger partial charge in [-0.3, -0.25) is 0 Å². The Morgan fingerprint density at radius 2 is 1.76 bits per heavy atom. The van der Waals surface area contributed by atoms with Crippen molar-refractivity contribution in [3.05, 3.63) is 71.3 Å². The summed E-state index contributed by atoms with van der Waals surface area (Å²) in [6, 6.07) is 17.9. The molecule has 2 aromatic carbocycles. The number of hydrogen-bond donors (Lipinski definition) is 1. The van der Waals surface area contributed by atoms with E-state index in [0.717, 1.165) is 12.1 Å². The molecule has 2 aromatic rings. The van der Waals surface area contributed by atoms with Crippen molar-refractivity contribution in [2.75, 3.05) is 6.61 Å². The van der Waals surface area contributed by atoms with E-state index in [1.54, 1.807) is 0 Å². The predicted molar refractivity (Wildman–Crippen MR) is 84.1 cm³/mol. The molecular formula is C18H21NO2. The lowest BCUT2D eigenvalue weighted by Crippen LogP contribution is -2.21. The Morgan fingerprint density at radius 1 is 1.10 bits per heavy atom. The Labute approximate surface area is 126 Å². The summed E-state index contributed by atoms with van der Waals surface area (Å²) < 4.78 is 5.11. The Hall–Kier alpha value is -2.13. The van der Waals surface area contributed by atoms with Gasteiger partial charge < -0.3 is 10.1 Å². The van der Waals surface area contributed by atoms with Gasteiger partial charge in [0.05, 0.1) is 12.2 Å². The molecule has 21 heavy (non-hydrogen) atoms. The number of carbonyl (C=O) groups excluding carboxylic acids is 1. The monoisotopic (exact) mass is 283 g/mol. The normalized spacial score (nSPS) is 11.9. The highest BCUT2D eigenvalue weighted by Crippen LogP contribution is 2.19. The van der Waals surface area contributed by atoms with E-state index in [1.807, 2.05) is 49.4 Å². The molecule has 1 N–H and O–H groups in total. The fourth-order valence-electron chi connectivity index (χ4n) is 2.25. The van der Waals surface area contributed by atoms with Crippen molar-refractivity contribution in [1.82, 2.24) is 5.32 Å². The quantitative estimate of drug-likeness (QED) is 0.821. The average Bonchev–Trinajstić information content (AvgIpc) is 2.54. The van der Waals surface area contributed by atoms with E-state index >= 15 is 0 Å². The summed E-state index contributed by atoms with van der Waals surface area (Å²) >= 11 is 0. The van der Waals surface area contributed by atoms with Crippen LogP contribution in [0.2, 0.25) is 0 Å². The number of ether oxygens (including phenoxy) is 1. The number of esters is 1. The topological polar surface area (TPSA) is 38.3 Å². The van der Waals surface area contributed by atoms with Gasteiger partial charge in [-0.25, -0.2) is 4.79 Å². The third kappa shape index (κ3) is 4.17. The number of rotatable bonds is 6. The summed E-state index contributed by atoms with van der Waals surface area (Å²) in [5.41, 5.74) is 2.82. The molecular weight excluding hydrogens is 262 g/mol. The van der Waals surface area contributed by atoms with Crippen LogP contribution >= 0.6 is 0 Å². The van der Waals surface area contributed by atoms with Gasteiger partial charge in [0.2, 0.25) is 0 Å². The maximum Gasteiger partial charge on any atom is 0.338 e. The summed E-state index contributed by atoms with van der Waals surface area (Å²) in [7, 11) is 0. The lowest BCUT2D eigenvalue weighted by Gasteiger charge is -2.17. The average molecular weight is 283 g/mol. The van der Waals surface area contributed by atoms with Crippen molar-refractivity contribution in [2.45, 2.75) is 26.4 Å². The first-order chi connectivity index (χ1) is 10.2. The van der Waals surface area contributed by atoms with Gasteiger partial charge in [0.1, 0.15) is 0 Å². The van der Waals surface area contributed by atoms with E-state index in [-0.39, 0.29) is 12.0 Å². The minimum Gasteiger partial charge on any atom is -0.462 e. The molecule has 3 nitrogen and oxygen atoms in total. The van der Waals surface area contributed by atoms with Crippen molar-refractivity contribution in [1.29, 1.82) is 0 Å². The summed E-state index contributed by atoms with van der Waals surface area (Å²) in [5, 5.41) is 3.44. The van der Waals surface area contributed by atoms with Gasteiger partial charge in [-0.1, -0.05) is 48.5 Å². The molecule has 0 unspecified atom stereocenters. The molecule has 0 aromatic heterocycles. The maximum absolute atomic E-state index is 12.0. The van der Waals surface area contributed by atoms with E-state index in [0.29, 0.717) is 12.2 Å². The smallest absolute Gasteiger partial charge is 0.338 e. The van der Waals surface area contributed by atoms with Gasteiger partial charge in [-0.15, -0.1) is 0 Å². The molecule has 2 rings (SSSR count). The SMILES string of the molecule is CCOC(=O)c1ccccc1[C@H](C)NCc1ccccc1. The summed E-state index contributed by atoms with van der Waals surface area (Å²) in [6.07, 6.45) is 0. The van der Waals surface area contributed by atoms with Crippen LogP contribution in [-0.4, -0.2) is 12.6 Å². The van der Waals surface area contributed by atoms with Crippen LogP contribution in [0, 0.1) is 0 Å². The zero-order valence-corrected chi connectivity index (χ0v) is 12.5. The molecule has 0 aliphatic carbocycles. The summed E-state index contributed by atoms with van der Waals surface area (Å²) in [6.45, 7) is 5.02. The molecule has 0 saturated heterocycles. The molecule has 0 aliphatic heterocycles. The van der Waals surface area contributed by atoms with E-state index in [4.69, 9.17) is 4.74 Å². The molecule has 110 valence electrons. The van der Waals surface area contributed by atoms with E-state index < -0.39 is 0 Å². The molecule has 0 aliphatic rings. The van der Waals surface area contributed by atoms with E-state index in [1.165, 1.54) is 5.56 Å². The van der Waals surface area contributed by atoms with Crippen LogP contribution in [0.1, 0.15) is 41.4 Å². The second-order valence-corrected chi connectivity index (χ2v) is 4.90. The highest BCUT2D eigenvalue weighted by molar-refractivity contribution is 5.91. The Bertz CT molecular complexity index is 581. The van der Waals surface area contributed by atoms with Gasteiger partial charge in [0, 0.05) is 12.6 Å². The van der Waals surface area contributed by atoms with Crippen LogP contribution in [0.4, 0.5) is 0 Å². The molecule has 0 radical (unpaired) electrons. The van der Waals surface area contributed by atoms with Gasteiger partial charge in [0.25, 0.3) is 0 Å². The predicted octanol–water partition coefficient (Wildman–Crippen LogP) is 3.71. The van der Waals surface area contributed by atoms with Crippen molar-refractivity contribution < 1.29 is 9.53 Å². The summed E-state index contributed by atoms with van der Waals surface area (Å²) in [4.78, 5) is 12.0. The third-order valence-electron chi connectivity index (χ3n) is 3.38. The van der Waals surface area contributed by atoms with Crippen molar-refractivity contribution in [3.63, 3.8) is 0 Å². The molecule has 0 saturated carbocycles. The number of benzene rings is 2. The molecule has 0 bridgehead atoms. The van der Waals surface area contributed by atoms with E-state index in [2.05, 4.69) is 24.4 Å². The molecule has 0 fully saturated rings. The van der Waals surface area contributed by atoms with Gasteiger partial charge in [-0.05, 0) is 31.0 Å². The number of carbonyl (C=O) groups is 1. The van der Waals surface area contributed by atoms with Crippen molar-refractivity contribution in [3.8, 4) is 0 Å². The fraction of sp³-hybridized carbons (Fsp3) is 0.278. The Kier molecular flexibility index (Phi) is 5.52. The number of hydrogen-bond acceptors (Lipinski definition) is 3. The molecule has 0 amide bonds. The van der Waals surface area contributed by atoms with Crippen LogP contribution in [0.5, 0.6) is 0 Å². The lowest BCUT2D eigenvalue weighted by atomic mass is 10.0. The first-order valence-corrected chi connectivity index (χ1v) is 7.25. The van der Waals surface area contributed by atoms with Crippen LogP contribution in [0.15, 0.2) is 54.6 Å². The maximum atomic E-state index is 12.0. The largest absolute Gasteiger partial charge is 0.462 e. The third-order valence-corrected chi connectivity index (χ3v) is 3.38. The molecule has 0 spiro atoms. The minimum atomic E-state index is -0.263. The molecule has 3 heteroatoms. The second kappa shape index (κ2) is 7.60. The Balaban J connectivity index is 2.08.